The summed E-state index contributed by atoms with van der Waals surface area (Å²) in [5.41, 5.74) is 1.35. The first-order chi connectivity index (χ1) is 12.4. The van der Waals surface area contributed by atoms with Gasteiger partial charge in [0.2, 0.25) is 0 Å². The van der Waals surface area contributed by atoms with Crippen molar-refractivity contribution in [2.45, 2.75) is 13.0 Å². The van der Waals surface area contributed by atoms with Crippen molar-refractivity contribution < 1.29 is 14.3 Å². The molecule has 2 amide bonds. The Morgan fingerprint density at radius 2 is 2.00 bits per heavy atom. The Labute approximate surface area is 161 Å². The summed E-state index contributed by atoms with van der Waals surface area (Å²) >= 11 is 11.9. The van der Waals surface area contributed by atoms with Crippen molar-refractivity contribution in [3.8, 4) is 0 Å². The number of amides is 2. The lowest BCUT2D eigenvalue weighted by atomic mass is 10.1. The number of carbonyl (C=O) groups is 2. The molecule has 1 fully saturated rings. The fraction of sp³-hybridized carbons (Fsp3) is 0.263. The highest BCUT2D eigenvalue weighted by atomic mass is 35.5. The molecule has 0 saturated carbocycles. The highest BCUT2D eigenvalue weighted by Crippen LogP contribution is 2.22. The molecule has 3 rings (SSSR count). The summed E-state index contributed by atoms with van der Waals surface area (Å²) in [4.78, 5) is 26.8. The zero-order chi connectivity index (χ0) is 18.7. The molecule has 0 radical (unpaired) electrons. The number of carbonyl (C=O) groups excluding carboxylic acids is 2. The lowest BCUT2D eigenvalue weighted by molar-refractivity contribution is -0.0124. The lowest BCUT2D eigenvalue weighted by Crippen LogP contribution is -2.44. The SMILES string of the molecule is CC1CN(C(=O)c2cccc(NC(=O)c3ccc(Cl)cc3Cl)c2)CCO1. The average Bonchev–Trinajstić information content (AvgIpc) is 2.61. The van der Waals surface area contributed by atoms with Gasteiger partial charge in [-0.2, -0.15) is 0 Å². The predicted molar refractivity (Wildman–Crippen MR) is 102 cm³/mol. The first-order valence-corrected chi connectivity index (χ1v) is 8.97. The maximum atomic E-state index is 12.7. The molecule has 0 spiro atoms. The van der Waals surface area contributed by atoms with Crippen LogP contribution in [0, 0.1) is 0 Å². The minimum absolute atomic E-state index is 0.0163. The summed E-state index contributed by atoms with van der Waals surface area (Å²) in [7, 11) is 0. The Kier molecular flexibility index (Phi) is 5.81. The van der Waals surface area contributed by atoms with Gasteiger partial charge in [-0.3, -0.25) is 9.59 Å². The minimum atomic E-state index is -0.365. The normalized spacial score (nSPS) is 17.0. The van der Waals surface area contributed by atoms with Crippen LogP contribution in [0.25, 0.3) is 0 Å². The third-order valence-corrected chi connectivity index (χ3v) is 4.62. The molecule has 1 atom stereocenters. The molecule has 7 heteroatoms. The van der Waals surface area contributed by atoms with E-state index >= 15 is 0 Å². The smallest absolute Gasteiger partial charge is 0.257 e. The summed E-state index contributed by atoms with van der Waals surface area (Å²) < 4.78 is 5.47. The number of benzene rings is 2. The van der Waals surface area contributed by atoms with Crippen molar-refractivity contribution in [1.82, 2.24) is 4.90 Å². The van der Waals surface area contributed by atoms with Crippen molar-refractivity contribution in [2.75, 3.05) is 25.0 Å². The second kappa shape index (κ2) is 8.08. The Hall–Kier alpha value is -2.08. The summed E-state index contributed by atoms with van der Waals surface area (Å²) in [5.74, 6) is -0.447. The second-order valence-corrected chi connectivity index (χ2v) is 6.94. The first-order valence-electron chi connectivity index (χ1n) is 8.21. The molecule has 1 unspecified atom stereocenters. The highest BCUT2D eigenvalue weighted by Gasteiger charge is 2.22. The fourth-order valence-electron chi connectivity index (χ4n) is 2.79. The lowest BCUT2D eigenvalue weighted by Gasteiger charge is -2.31. The minimum Gasteiger partial charge on any atom is -0.375 e. The molecular weight excluding hydrogens is 375 g/mol. The molecule has 5 nitrogen and oxygen atoms in total. The van der Waals surface area contributed by atoms with Gasteiger partial charge in [0, 0.05) is 29.4 Å². The van der Waals surface area contributed by atoms with Gasteiger partial charge in [-0.05, 0) is 43.3 Å². The third-order valence-electron chi connectivity index (χ3n) is 4.07. The maximum Gasteiger partial charge on any atom is 0.257 e. The molecule has 2 aromatic carbocycles. The van der Waals surface area contributed by atoms with E-state index in [1.807, 2.05) is 6.92 Å². The van der Waals surface area contributed by atoms with E-state index in [1.54, 1.807) is 41.3 Å². The number of hydrogen-bond donors (Lipinski definition) is 1. The largest absolute Gasteiger partial charge is 0.375 e. The zero-order valence-electron chi connectivity index (χ0n) is 14.2. The Morgan fingerprint density at radius 3 is 2.73 bits per heavy atom. The van der Waals surface area contributed by atoms with Gasteiger partial charge in [-0.25, -0.2) is 0 Å². The number of hydrogen-bond acceptors (Lipinski definition) is 3. The molecular formula is C19H18Cl2N2O3. The van der Waals surface area contributed by atoms with Gasteiger partial charge in [0.25, 0.3) is 11.8 Å². The van der Waals surface area contributed by atoms with E-state index in [4.69, 9.17) is 27.9 Å². The molecule has 1 heterocycles. The van der Waals surface area contributed by atoms with E-state index in [2.05, 4.69) is 5.32 Å². The number of rotatable bonds is 3. The molecule has 1 saturated heterocycles. The van der Waals surface area contributed by atoms with E-state index in [1.165, 1.54) is 6.07 Å². The maximum absolute atomic E-state index is 12.7. The molecule has 136 valence electrons. The Balaban J connectivity index is 1.74. The first kappa shape index (κ1) is 18.7. The number of morpholine rings is 1. The number of ether oxygens (including phenoxy) is 1. The van der Waals surface area contributed by atoms with E-state index in [0.29, 0.717) is 41.5 Å². The van der Waals surface area contributed by atoms with Gasteiger partial charge in [-0.1, -0.05) is 29.3 Å². The molecule has 0 aromatic heterocycles. The molecule has 0 aliphatic carbocycles. The van der Waals surface area contributed by atoms with E-state index in [-0.39, 0.29) is 22.9 Å². The third kappa shape index (κ3) is 4.36. The Morgan fingerprint density at radius 1 is 1.19 bits per heavy atom. The van der Waals surface area contributed by atoms with Crippen molar-refractivity contribution >= 4 is 40.7 Å². The van der Waals surface area contributed by atoms with Gasteiger partial charge >= 0.3 is 0 Å². The number of nitrogens with zero attached hydrogens (tertiary/aromatic N) is 1. The fourth-order valence-corrected chi connectivity index (χ4v) is 3.28. The van der Waals surface area contributed by atoms with Crippen LogP contribution in [0.1, 0.15) is 27.6 Å². The summed E-state index contributed by atoms with van der Waals surface area (Å²) in [6.07, 6.45) is 0.0163. The van der Waals surface area contributed by atoms with Crippen molar-refractivity contribution in [1.29, 1.82) is 0 Å². The zero-order valence-corrected chi connectivity index (χ0v) is 15.7. The van der Waals surface area contributed by atoms with Crippen LogP contribution in [0.2, 0.25) is 10.0 Å². The van der Waals surface area contributed by atoms with Gasteiger partial charge in [0.1, 0.15) is 0 Å². The topological polar surface area (TPSA) is 58.6 Å². The van der Waals surface area contributed by atoms with Crippen molar-refractivity contribution in [2.24, 2.45) is 0 Å². The monoisotopic (exact) mass is 392 g/mol. The number of anilines is 1. The van der Waals surface area contributed by atoms with Gasteiger partial charge in [-0.15, -0.1) is 0 Å². The van der Waals surface area contributed by atoms with Crippen LogP contribution < -0.4 is 5.32 Å². The van der Waals surface area contributed by atoms with Crippen molar-refractivity contribution in [3.05, 3.63) is 63.6 Å². The van der Waals surface area contributed by atoms with Crippen LogP contribution in [-0.4, -0.2) is 42.5 Å². The van der Waals surface area contributed by atoms with Gasteiger partial charge in [0.15, 0.2) is 0 Å². The molecule has 2 aromatic rings. The quantitative estimate of drug-likeness (QED) is 0.854. The van der Waals surface area contributed by atoms with Crippen LogP contribution >= 0.6 is 23.2 Å². The highest BCUT2D eigenvalue weighted by molar-refractivity contribution is 6.37. The number of halogens is 2. The van der Waals surface area contributed by atoms with Crippen LogP contribution in [0.5, 0.6) is 0 Å². The average molecular weight is 393 g/mol. The summed E-state index contributed by atoms with van der Waals surface area (Å²) in [5, 5.41) is 3.49. The Bertz CT molecular complexity index is 841. The van der Waals surface area contributed by atoms with Crippen LogP contribution in [0.4, 0.5) is 5.69 Å². The summed E-state index contributed by atoms with van der Waals surface area (Å²) in [6.45, 7) is 3.57. The van der Waals surface area contributed by atoms with Crippen LogP contribution in [-0.2, 0) is 4.74 Å². The van der Waals surface area contributed by atoms with E-state index in [9.17, 15) is 9.59 Å². The molecule has 1 aliphatic rings. The van der Waals surface area contributed by atoms with Crippen LogP contribution in [0.15, 0.2) is 42.5 Å². The van der Waals surface area contributed by atoms with Gasteiger partial charge in [0.05, 0.1) is 23.3 Å². The molecule has 26 heavy (non-hydrogen) atoms. The van der Waals surface area contributed by atoms with E-state index in [0.717, 1.165) is 0 Å². The van der Waals surface area contributed by atoms with Crippen LogP contribution in [0.3, 0.4) is 0 Å². The molecule has 1 N–H and O–H groups in total. The molecule has 1 aliphatic heterocycles. The number of nitrogens with one attached hydrogen (secondary N) is 1. The standard InChI is InChI=1S/C19H18Cl2N2O3/c1-12-11-23(7-8-26-12)19(25)13-3-2-4-15(9-13)22-18(24)16-6-5-14(20)10-17(16)21/h2-6,9-10,12H,7-8,11H2,1H3,(H,22,24). The second-order valence-electron chi connectivity index (χ2n) is 6.09. The summed E-state index contributed by atoms with van der Waals surface area (Å²) in [6, 6.07) is 11.5. The van der Waals surface area contributed by atoms with E-state index < -0.39 is 0 Å². The molecule has 0 bridgehead atoms. The van der Waals surface area contributed by atoms with Gasteiger partial charge < -0.3 is 15.0 Å². The van der Waals surface area contributed by atoms with Crippen molar-refractivity contribution in [3.63, 3.8) is 0 Å². The predicted octanol–water partition coefficient (Wildman–Crippen LogP) is 4.11.